The van der Waals surface area contributed by atoms with Crippen LogP contribution in [0.4, 0.5) is 19.0 Å². The Balaban J connectivity index is 3.41. The van der Waals surface area contributed by atoms with Crippen molar-refractivity contribution in [3.8, 4) is 5.75 Å². The maximum absolute atomic E-state index is 12.3. The van der Waals surface area contributed by atoms with E-state index in [2.05, 4.69) is 14.5 Å². The van der Waals surface area contributed by atoms with Gasteiger partial charge in [0.25, 0.3) is 0 Å². The fourth-order valence-electron chi connectivity index (χ4n) is 1.22. The van der Waals surface area contributed by atoms with Crippen molar-refractivity contribution < 1.29 is 27.4 Å². The number of nitrogens with two attached hydrogens (primary N) is 2. The van der Waals surface area contributed by atoms with Crippen molar-refractivity contribution in [2.45, 2.75) is 12.9 Å². The van der Waals surface area contributed by atoms with Crippen molar-refractivity contribution in [1.82, 2.24) is 4.98 Å². The third-order valence-corrected chi connectivity index (χ3v) is 1.96. The van der Waals surface area contributed by atoms with Gasteiger partial charge >= 0.3 is 12.3 Å². The molecule has 1 aromatic heterocycles. The lowest BCUT2D eigenvalue weighted by atomic mass is 10.1. The molecule has 0 spiro atoms. The first kappa shape index (κ1) is 14.0. The summed E-state index contributed by atoms with van der Waals surface area (Å²) in [7, 11) is 0.994. The first-order valence-electron chi connectivity index (χ1n) is 4.61. The number of aromatic nitrogens is 1. The smallest absolute Gasteiger partial charge is 0.465 e. The minimum Gasteiger partial charge on any atom is -0.465 e. The van der Waals surface area contributed by atoms with Crippen molar-refractivity contribution in [1.29, 1.82) is 0 Å². The van der Waals surface area contributed by atoms with Crippen molar-refractivity contribution >= 4 is 11.8 Å². The quantitative estimate of drug-likeness (QED) is 0.784. The van der Waals surface area contributed by atoms with Gasteiger partial charge in [-0.3, -0.25) is 0 Å². The summed E-state index contributed by atoms with van der Waals surface area (Å²) in [4.78, 5) is 14.9. The Morgan fingerprint density at radius 2 is 2.11 bits per heavy atom. The van der Waals surface area contributed by atoms with Gasteiger partial charge in [-0.15, -0.1) is 13.2 Å². The number of anilines is 1. The van der Waals surface area contributed by atoms with Crippen molar-refractivity contribution in [3.05, 3.63) is 17.3 Å². The number of nitrogen functional groups attached to an aromatic ring is 1. The molecule has 9 heteroatoms. The number of carbonyl (C=O) groups is 1. The summed E-state index contributed by atoms with van der Waals surface area (Å²) < 4.78 is 44.9. The molecular weight excluding hydrogens is 255 g/mol. The fourth-order valence-corrected chi connectivity index (χ4v) is 1.22. The Kier molecular flexibility index (Phi) is 3.96. The average Bonchev–Trinajstić information content (AvgIpc) is 2.27. The zero-order valence-corrected chi connectivity index (χ0v) is 9.25. The summed E-state index contributed by atoms with van der Waals surface area (Å²) in [6, 6.07) is 0. The molecule has 0 atom stereocenters. The predicted molar refractivity (Wildman–Crippen MR) is 54.6 cm³/mol. The summed E-state index contributed by atoms with van der Waals surface area (Å²) in [5.74, 6) is -2.31. The van der Waals surface area contributed by atoms with Crippen LogP contribution in [-0.2, 0) is 11.3 Å². The summed E-state index contributed by atoms with van der Waals surface area (Å²) in [5, 5.41) is 0. The number of rotatable bonds is 3. The second-order valence-electron chi connectivity index (χ2n) is 3.12. The Morgan fingerprint density at radius 1 is 1.50 bits per heavy atom. The number of pyridine rings is 1. The number of hydrogen-bond donors (Lipinski definition) is 2. The predicted octanol–water partition coefficient (Wildman–Crippen LogP) is 0.808. The molecule has 0 radical (unpaired) electrons. The van der Waals surface area contributed by atoms with E-state index in [1.54, 1.807) is 0 Å². The van der Waals surface area contributed by atoms with E-state index in [-0.39, 0.29) is 12.1 Å². The molecule has 18 heavy (non-hydrogen) atoms. The molecule has 0 fully saturated rings. The van der Waals surface area contributed by atoms with E-state index in [1.165, 1.54) is 0 Å². The van der Waals surface area contributed by atoms with Gasteiger partial charge in [-0.25, -0.2) is 9.78 Å². The summed E-state index contributed by atoms with van der Waals surface area (Å²) in [6.45, 7) is -0.303. The largest absolute Gasteiger partial charge is 0.573 e. The molecule has 1 aromatic rings. The molecule has 0 saturated heterocycles. The van der Waals surface area contributed by atoms with E-state index >= 15 is 0 Å². The van der Waals surface area contributed by atoms with Gasteiger partial charge in [0.2, 0.25) is 0 Å². The summed E-state index contributed by atoms with van der Waals surface area (Å²) >= 11 is 0. The molecule has 0 amide bonds. The third kappa shape index (κ3) is 3.00. The molecular formula is C9H10F3N3O3. The van der Waals surface area contributed by atoms with Crippen LogP contribution in [0.5, 0.6) is 5.75 Å². The normalized spacial score (nSPS) is 11.2. The first-order chi connectivity index (χ1) is 8.30. The van der Waals surface area contributed by atoms with Crippen LogP contribution in [0.15, 0.2) is 6.20 Å². The van der Waals surface area contributed by atoms with E-state index in [4.69, 9.17) is 11.5 Å². The van der Waals surface area contributed by atoms with E-state index in [1.807, 2.05) is 0 Å². The van der Waals surface area contributed by atoms with Gasteiger partial charge in [0.1, 0.15) is 11.4 Å². The van der Waals surface area contributed by atoms with Gasteiger partial charge in [-0.2, -0.15) is 0 Å². The Morgan fingerprint density at radius 3 is 2.56 bits per heavy atom. The Hall–Kier alpha value is -2.03. The molecule has 1 heterocycles. The topological polar surface area (TPSA) is 100 Å². The summed E-state index contributed by atoms with van der Waals surface area (Å²) in [6.07, 6.45) is -3.98. The van der Waals surface area contributed by atoms with Crippen LogP contribution in [0.2, 0.25) is 0 Å². The van der Waals surface area contributed by atoms with E-state index in [9.17, 15) is 18.0 Å². The zero-order valence-electron chi connectivity index (χ0n) is 9.25. The van der Waals surface area contributed by atoms with Gasteiger partial charge in [-0.1, -0.05) is 0 Å². The number of carbonyl (C=O) groups excluding carboxylic acids is 1. The Bertz CT molecular complexity index is 462. The molecule has 0 unspecified atom stereocenters. The maximum atomic E-state index is 12.3. The molecule has 4 N–H and O–H groups in total. The number of alkyl halides is 3. The highest BCUT2D eigenvalue weighted by Gasteiger charge is 2.35. The van der Waals surface area contributed by atoms with Gasteiger partial charge < -0.3 is 20.9 Å². The molecule has 1 rings (SSSR count). The molecule has 0 bridgehead atoms. The molecule has 0 aromatic carbocycles. The molecule has 0 aliphatic heterocycles. The van der Waals surface area contributed by atoms with Crippen molar-refractivity contribution in [2.24, 2.45) is 5.73 Å². The lowest BCUT2D eigenvalue weighted by Gasteiger charge is -2.16. The summed E-state index contributed by atoms with van der Waals surface area (Å²) in [5.41, 5.74) is 9.88. The van der Waals surface area contributed by atoms with Crippen LogP contribution >= 0.6 is 0 Å². The van der Waals surface area contributed by atoms with E-state index < -0.39 is 29.5 Å². The third-order valence-electron chi connectivity index (χ3n) is 1.96. The van der Waals surface area contributed by atoms with Crippen LogP contribution in [-0.4, -0.2) is 24.4 Å². The second-order valence-corrected chi connectivity index (χ2v) is 3.12. The second kappa shape index (κ2) is 5.08. The van der Waals surface area contributed by atoms with Crippen LogP contribution < -0.4 is 16.2 Å². The van der Waals surface area contributed by atoms with Gasteiger partial charge in [-0.05, 0) is 0 Å². The highest BCUT2D eigenvalue weighted by atomic mass is 19.4. The molecule has 6 nitrogen and oxygen atoms in total. The molecule has 0 saturated carbocycles. The maximum Gasteiger partial charge on any atom is 0.573 e. The average molecular weight is 265 g/mol. The Labute approximate surface area is 99.7 Å². The van der Waals surface area contributed by atoms with Crippen LogP contribution in [0, 0.1) is 0 Å². The molecule has 0 aliphatic carbocycles. The zero-order chi connectivity index (χ0) is 13.9. The standard InChI is InChI=1S/C9H10F3N3O3/c1-17-8(16)5-6(18-9(10,11)12)4(2-13)3-15-7(5)14/h3H,2,13H2,1H3,(H2,14,15). The molecule has 100 valence electrons. The van der Waals surface area contributed by atoms with Crippen molar-refractivity contribution in [3.63, 3.8) is 0 Å². The number of hydrogen-bond acceptors (Lipinski definition) is 6. The van der Waals surface area contributed by atoms with Crippen LogP contribution in [0.25, 0.3) is 0 Å². The van der Waals surface area contributed by atoms with Crippen LogP contribution in [0.3, 0.4) is 0 Å². The van der Waals surface area contributed by atoms with Gasteiger partial charge in [0, 0.05) is 18.3 Å². The SMILES string of the molecule is COC(=O)c1c(N)ncc(CN)c1OC(F)(F)F. The minimum atomic E-state index is -4.99. The lowest BCUT2D eigenvalue weighted by Crippen LogP contribution is -2.22. The lowest BCUT2D eigenvalue weighted by molar-refractivity contribution is -0.275. The monoisotopic (exact) mass is 265 g/mol. The number of halogens is 3. The minimum absolute atomic E-state index is 0.109. The molecule has 0 aliphatic rings. The highest BCUT2D eigenvalue weighted by molar-refractivity contribution is 5.97. The first-order valence-corrected chi connectivity index (χ1v) is 4.61. The highest BCUT2D eigenvalue weighted by Crippen LogP contribution is 2.32. The fraction of sp³-hybridized carbons (Fsp3) is 0.333. The van der Waals surface area contributed by atoms with Gasteiger partial charge in [0.15, 0.2) is 5.75 Å². The van der Waals surface area contributed by atoms with E-state index in [0.29, 0.717) is 0 Å². The number of nitrogens with zero attached hydrogens (tertiary/aromatic N) is 1. The number of esters is 1. The van der Waals surface area contributed by atoms with E-state index in [0.717, 1.165) is 13.3 Å². The van der Waals surface area contributed by atoms with Gasteiger partial charge in [0.05, 0.1) is 7.11 Å². The van der Waals surface area contributed by atoms with Crippen LogP contribution in [0.1, 0.15) is 15.9 Å². The number of methoxy groups -OCH3 is 1. The van der Waals surface area contributed by atoms with Crippen molar-refractivity contribution in [2.75, 3.05) is 12.8 Å². The number of ether oxygens (including phenoxy) is 2.